The molecule has 6 nitrogen and oxygen atoms in total. The lowest BCUT2D eigenvalue weighted by molar-refractivity contribution is 0.0946. The van der Waals surface area contributed by atoms with E-state index in [2.05, 4.69) is 65.3 Å². The third-order valence-electron chi connectivity index (χ3n) is 4.35. The van der Waals surface area contributed by atoms with Crippen LogP contribution in [0.4, 0.5) is 17.2 Å². The summed E-state index contributed by atoms with van der Waals surface area (Å²) < 4.78 is 0. The summed E-state index contributed by atoms with van der Waals surface area (Å²) in [6, 6.07) is 9.91. The predicted octanol–water partition coefficient (Wildman–Crippen LogP) is 4.15. The molecular weight excluding hydrogens is 338 g/mol. The van der Waals surface area contributed by atoms with Crippen molar-refractivity contribution in [1.29, 1.82) is 0 Å². The molecule has 0 aliphatic carbocycles. The van der Waals surface area contributed by atoms with Crippen LogP contribution in [0.5, 0.6) is 0 Å². The van der Waals surface area contributed by atoms with Crippen molar-refractivity contribution in [2.45, 2.75) is 41.0 Å². The Balaban J connectivity index is 2.08. The first-order valence-corrected chi connectivity index (χ1v) is 9.68. The molecule has 2 aromatic rings. The van der Waals surface area contributed by atoms with E-state index in [1.165, 1.54) is 5.69 Å². The van der Waals surface area contributed by atoms with Gasteiger partial charge in [0.25, 0.3) is 5.91 Å². The minimum atomic E-state index is -0.166. The molecule has 0 radical (unpaired) electrons. The zero-order valence-electron chi connectivity index (χ0n) is 17.0. The molecule has 0 aliphatic rings. The minimum absolute atomic E-state index is 0.166. The van der Waals surface area contributed by atoms with Crippen LogP contribution >= 0.6 is 0 Å². The Hall–Kier alpha value is -2.63. The van der Waals surface area contributed by atoms with Crippen molar-refractivity contribution in [3.05, 3.63) is 41.9 Å². The predicted molar refractivity (Wildman–Crippen MR) is 112 cm³/mol. The van der Waals surface area contributed by atoms with E-state index >= 15 is 0 Å². The van der Waals surface area contributed by atoms with Crippen LogP contribution in [0.25, 0.3) is 0 Å². The Morgan fingerprint density at radius 3 is 2.37 bits per heavy atom. The highest BCUT2D eigenvalue weighted by Crippen LogP contribution is 2.20. The van der Waals surface area contributed by atoms with E-state index in [-0.39, 0.29) is 5.91 Å². The number of nitrogens with zero attached hydrogens (tertiary/aromatic N) is 3. The van der Waals surface area contributed by atoms with Crippen LogP contribution in [0.3, 0.4) is 0 Å². The van der Waals surface area contributed by atoms with Gasteiger partial charge >= 0.3 is 0 Å². The van der Waals surface area contributed by atoms with Gasteiger partial charge < -0.3 is 15.5 Å². The zero-order chi connectivity index (χ0) is 19.8. The number of hydrogen-bond acceptors (Lipinski definition) is 5. The highest BCUT2D eigenvalue weighted by molar-refractivity contribution is 5.93. The van der Waals surface area contributed by atoms with Crippen LogP contribution in [0.2, 0.25) is 0 Å². The fraction of sp³-hybridized carbons (Fsp3) is 0.476. The van der Waals surface area contributed by atoms with Crippen molar-refractivity contribution in [3.8, 4) is 0 Å². The molecule has 6 heteroatoms. The Morgan fingerprint density at radius 2 is 1.78 bits per heavy atom. The first-order chi connectivity index (χ1) is 12.9. The van der Waals surface area contributed by atoms with Gasteiger partial charge in [0.1, 0.15) is 17.3 Å². The SMILES string of the molecule is CCN(CC)c1ccc(Nc2cc(C(=O)NCCC(C)C)nc(C)n2)cc1. The number of carbonyl (C=O) groups is 1. The van der Waals surface area contributed by atoms with Crippen molar-refractivity contribution < 1.29 is 4.79 Å². The number of carbonyl (C=O) groups excluding carboxylic acids is 1. The van der Waals surface area contributed by atoms with Gasteiger partial charge in [-0.05, 0) is 57.4 Å². The highest BCUT2D eigenvalue weighted by Gasteiger charge is 2.11. The molecule has 2 N–H and O–H groups in total. The van der Waals surface area contributed by atoms with Crippen molar-refractivity contribution in [3.63, 3.8) is 0 Å². The number of hydrogen-bond donors (Lipinski definition) is 2. The molecule has 1 heterocycles. The number of nitrogens with one attached hydrogen (secondary N) is 2. The second-order valence-corrected chi connectivity index (χ2v) is 6.97. The van der Waals surface area contributed by atoms with Gasteiger partial charge in [0.05, 0.1) is 0 Å². The van der Waals surface area contributed by atoms with E-state index in [9.17, 15) is 4.79 Å². The molecule has 0 unspecified atom stereocenters. The molecule has 146 valence electrons. The van der Waals surface area contributed by atoms with Gasteiger partial charge in [-0.15, -0.1) is 0 Å². The van der Waals surface area contributed by atoms with Gasteiger partial charge in [-0.3, -0.25) is 4.79 Å². The summed E-state index contributed by atoms with van der Waals surface area (Å²) in [4.78, 5) is 23.3. The monoisotopic (exact) mass is 369 g/mol. The smallest absolute Gasteiger partial charge is 0.270 e. The average molecular weight is 370 g/mol. The van der Waals surface area contributed by atoms with Crippen molar-refractivity contribution in [2.75, 3.05) is 29.9 Å². The summed E-state index contributed by atoms with van der Waals surface area (Å²) in [7, 11) is 0. The Kier molecular flexibility index (Phi) is 7.58. The lowest BCUT2D eigenvalue weighted by Crippen LogP contribution is -2.26. The van der Waals surface area contributed by atoms with E-state index in [0.29, 0.717) is 29.8 Å². The number of aromatic nitrogens is 2. The first kappa shape index (κ1) is 20.7. The largest absolute Gasteiger partial charge is 0.372 e. The lowest BCUT2D eigenvalue weighted by atomic mass is 10.1. The summed E-state index contributed by atoms with van der Waals surface area (Å²) in [6.07, 6.45) is 0.944. The van der Waals surface area contributed by atoms with Crippen LogP contribution in [-0.4, -0.2) is 35.5 Å². The number of anilines is 3. The van der Waals surface area contributed by atoms with Gasteiger partial charge in [-0.1, -0.05) is 13.8 Å². The summed E-state index contributed by atoms with van der Waals surface area (Å²) in [5.41, 5.74) is 2.50. The first-order valence-electron chi connectivity index (χ1n) is 9.68. The molecule has 1 amide bonds. The molecule has 0 spiro atoms. The fourth-order valence-corrected chi connectivity index (χ4v) is 2.81. The number of rotatable bonds is 9. The molecule has 0 atom stereocenters. The fourth-order valence-electron chi connectivity index (χ4n) is 2.81. The Bertz CT molecular complexity index is 739. The van der Waals surface area contributed by atoms with Gasteiger partial charge in [0, 0.05) is 37.1 Å². The van der Waals surface area contributed by atoms with Crippen LogP contribution < -0.4 is 15.5 Å². The standard InChI is InChI=1S/C21H31N5O/c1-6-26(7-2)18-10-8-17(9-11-18)25-20-14-19(23-16(5)24-20)21(27)22-13-12-15(3)4/h8-11,14-15H,6-7,12-13H2,1-5H3,(H,22,27)(H,23,24,25). The van der Waals surface area contributed by atoms with Crippen molar-refractivity contribution >= 4 is 23.1 Å². The lowest BCUT2D eigenvalue weighted by Gasteiger charge is -2.21. The summed E-state index contributed by atoms with van der Waals surface area (Å²) in [5, 5.41) is 6.19. The van der Waals surface area contributed by atoms with Crippen molar-refractivity contribution in [2.24, 2.45) is 5.92 Å². The molecule has 1 aromatic carbocycles. The van der Waals surface area contributed by atoms with E-state index < -0.39 is 0 Å². The third-order valence-corrected chi connectivity index (χ3v) is 4.35. The molecule has 0 saturated heterocycles. The van der Waals surface area contributed by atoms with Gasteiger partial charge in [0.2, 0.25) is 0 Å². The summed E-state index contributed by atoms with van der Waals surface area (Å²) >= 11 is 0. The average Bonchev–Trinajstić information content (AvgIpc) is 2.63. The summed E-state index contributed by atoms with van der Waals surface area (Å²) in [5.74, 6) is 1.57. The van der Waals surface area contributed by atoms with E-state index in [1.807, 2.05) is 12.1 Å². The van der Waals surface area contributed by atoms with Crippen molar-refractivity contribution in [1.82, 2.24) is 15.3 Å². The quantitative estimate of drug-likeness (QED) is 0.695. The van der Waals surface area contributed by atoms with E-state index in [0.717, 1.165) is 25.2 Å². The molecule has 27 heavy (non-hydrogen) atoms. The van der Waals surface area contributed by atoms with E-state index in [1.54, 1.807) is 13.0 Å². The second kappa shape index (κ2) is 9.90. The maximum atomic E-state index is 12.3. The van der Waals surface area contributed by atoms with Gasteiger partial charge in [-0.2, -0.15) is 0 Å². The van der Waals surface area contributed by atoms with Crippen LogP contribution in [-0.2, 0) is 0 Å². The van der Waals surface area contributed by atoms with Gasteiger partial charge in [-0.25, -0.2) is 9.97 Å². The number of aryl methyl sites for hydroxylation is 1. The van der Waals surface area contributed by atoms with Crippen LogP contribution in [0.1, 0.15) is 50.4 Å². The van der Waals surface area contributed by atoms with Crippen LogP contribution in [0.15, 0.2) is 30.3 Å². The Morgan fingerprint density at radius 1 is 1.11 bits per heavy atom. The molecular formula is C21H31N5O. The second-order valence-electron chi connectivity index (χ2n) is 6.97. The third kappa shape index (κ3) is 6.24. The highest BCUT2D eigenvalue weighted by atomic mass is 16.1. The topological polar surface area (TPSA) is 70.2 Å². The van der Waals surface area contributed by atoms with E-state index in [4.69, 9.17) is 0 Å². The molecule has 0 fully saturated rings. The normalized spacial score (nSPS) is 10.7. The molecule has 0 aliphatic heterocycles. The maximum absolute atomic E-state index is 12.3. The maximum Gasteiger partial charge on any atom is 0.270 e. The Labute approximate surface area is 162 Å². The molecule has 1 aromatic heterocycles. The number of benzene rings is 1. The van der Waals surface area contributed by atoms with Crippen LogP contribution in [0, 0.1) is 12.8 Å². The molecule has 2 rings (SSSR count). The minimum Gasteiger partial charge on any atom is -0.372 e. The molecule has 0 saturated carbocycles. The van der Waals surface area contributed by atoms with Gasteiger partial charge in [0.15, 0.2) is 0 Å². The molecule has 0 bridgehead atoms. The number of amides is 1. The summed E-state index contributed by atoms with van der Waals surface area (Å²) in [6.45, 7) is 12.9. The zero-order valence-corrected chi connectivity index (χ0v) is 17.0.